The molecule has 0 amide bonds. The first-order chi connectivity index (χ1) is 9.77. The number of aromatic nitrogens is 1. The Morgan fingerprint density at radius 1 is 0.619 bits per heavy atom. The Balaban J connectivity index is 0.00000161. The van der Waals surface area contributed by atoms with Gasteiger partial charge in [0.15, 0.2) is 0 Å². The molecule has 0 aliphatic heterocycles. The summed E-state index contributed by atoms with van der Waals surface area (Å²) in [5.74, 6) is 0.361. The Morgan fingerprint density at radius 2 is 1.14 bits per heavy atom. The van der Waals surface area contributed by atoms with Crippen LogP contribution in [0, 0.1) is 0 Å². The van der Waals surface area contributed by atoms with E-state index in [1.54, 1.807) is 36.5 Å². The predicted molar refractivity (Wildman–Crippen MR) is 87.0 cm³/mol. The van der Waals surface area contributed by atoms with E-state index in [1.165, 1.54) is 0 Å². The van der Waals surface area contributed by atoms with Gasteiger partial charge in [-0.05, 0) is 24.3 Å². The Kier molecular flexibility index (Phi) is 4.36. The molecule has 21 heavy (non-hydrogen) atoms. The molecule has 2 N–H and O–H groups in total. The molecule has 1 heterocycles. The minimum atomic E-state index is 0. The maximum atomic E-state index is 10.0. The molecule has 0 aliphatic carbocycles. The van der Waals surface area contributed by atoms with Crippen molar-refractivity contribution in [3.8, 4) is 33.9 Å². The summed E-state index contributed by atoms with van der Waals surface area (Å²) in [5.41, 5.74) is 2.77. The van der Waals surface area contributed by atoms with E-state index in [0.717, 1.165) is 5.56 Å². The van der Waals surface area contributed by atoms with Crippen LogP contribution in [0.5, 0.6) is 11.5 Å². The predicted octanol–water partition coefficient (Wildman–Crippen LogP) is 2.91. The van der Waals surface area contributed by atoms with E-state index >= 15 is 0 Å². The SMILES string of the molecule is Oc1ccccc1-c1cccnc1-c1ccccc1O.[BeH2]. The molecule has 1 aromatic heterocycles. The van der Waals surface area contributed by atoms with Crippen molar-refractivity contribution in [1.82, 2.24) is 4.98 Å². The zero-order chi connectivity index (χ0) is 13.9. The number of rotatable bonds is 2. The molecule has 3 aromatic rings. The second-order valence-electron chi connectivity index (χ2n) is 4.43. The molecule has 0 spiro atoms. The van der Waals surface area contributed by atoms with Crippen molar-refractivity contribution < 1.29 is 10.2 Å². The van der Waals surface area contributed by atoms with Gasteiger partial charge in [-0.1, -0.05) is 36.4 Å². The molecule has 2 aromatic carbocycles. The summed E-state index contributed by atoms with van der Waals surface area (Å²) in [6.07, 6.45) is 1.67. The van der Waals surface area contributed by atoms with E-state index in [0.29, 0.717) is 16.8 Å². The number of aromatic hydroxyl groups is 2. The van der Waals surface area contributed by atoms with E-state index in [-0.39, 0.29) is 21.6 Å². The standard InChI is InChI=1S/C17H13NO2.Be.2H/c19-15-9-3-1-6-12(15)13-8-5-11-18-17(13)14-7-2-4-10-16(14)20;;;/h1-11,19-20H;;;. The molecule has 3 rings (SSSR count). The number of benzene rings is 2. The topological polar surface area (TPSA) is 53.4 Å². The summed E-state index contributed by atoms with van der Waals surface area (Å²) in [6.45, 7) is 0. The van der Waals surface area contributed by atoms with Crippen LogP contribution in [-0.2, 0) is 0 Å². The second kappa shape index (κ2) is 6.21. The van der Waals surface area contributed by atoms with Crippen molar-refractivity contribution in [3.05, 3.63) is 66.9 Å². The molecule has 102 valence electrons. The summed E-state index contributed by atoms with van der Waals surface area (Å²) in [5, 5.41) is 20.0. The van der Waals surface area contributed by atoms with E-state index in [2.05, 4.69) is 4.98 Å². The third kappa shape index (κ3) is 2.78. The Morgan fingerprint density at radius 3 is 1.76 bits per heavy atom. The van der Waals surface area contributed by atoms with Gasteiger partial charge in [-0.15, -0.1) is 0 Å². The molecule has 0 saturated heterocycles. The summed E-state index contributed by atoms with van der Waals surface area (Å²) >= 11 is 0. The van der Waals surface area contributed by atoms with Gasteiger partial charge in [0, 0.05) is 22.9 Å². The summed E-state index contributed by atoms with van der Waals surface area (Å²) < 4.78 is 0. The molecular weight excluding hydrogens is 259 g/mol. The quantitative estimate of drug-likeness (QED) is 0.706. The monoisotopic (exact) mass is 274 g/mol. The average Bonchev–Trinajstić information content (AvgIpc) is 2.48. The van der Waals surface area contributed by atoms with E-state index in [4.69, 9.17) is 0 Å². The second-order valence-corrected chi connectivity index (χ2v) is 4.43. The van der Waals surface area contributed by atoms with Crippen LogP contribution in [0.3, 0.4) is 0 Å². The molecule has 0 fully saturated rings. The summed E-state index contributed by atoms with van der Waals surface area (Å²) in [6, 6.07) is 17.8. The van der Waals surface area contributed by atoms with Crippen LogP contribution in [0.15, 0.2) is 66.9 Å². The fourth-order valence-corrected chi connectivity index (χ4v) is 2.21. The molecule has 0 aliphatic rings. The average molecular weight is 274 g/mol. The third-order valence-corrected chi connectivity index (χ3v) is 3.16. The van der Waals surface area contributed by atoms with Crippen LogP contribution in [0.25, 0.3) is 22.4 Å². The van der Waals surface area contributed by atoms with Crippen LogP contribution < -0.4 is 0 Å². The van der Waals surface area contributed by atoms with Crippen LogP contribution in [-0.4, -0.2) is 25.3 Å². The van der Waals surface area contributed by atoms with Crippen LogP contribution in [0.2, 0.25) is 0 Å². The van der Waals surface area contributed by atoms with E-state index < -0.39 is 0 Å². The zero-order valence-corrected chi connectivity index (χ0v) is 10.7. The molecule has 0 bridgehead atoms. The Labute approximate surface area is 126 Å². The van der Waals surface area contributed by atoms with E-state index in [9.17, 15) is 10.2 Å². The van der Waals surface area contributed by atoms with Gasteiger partial charge in [0.2, 0.25) is 0 Å². The summed E-state index contributed by atoms with van der Waals surface area (Å²) in [4.78, 5) is 4.36. The number of pyridine rings is 1. The number of phenols is 2. The first-order valence-electron chi connectivity index (χ1n) is 6.29. The van der Waals surface area contributed by atoms with Gasteiger partial charge in [-0.3, -0.25) is 4.98 Å². The molecule has 4 heteroatoms. The molecular formula is C17H15BeNO2. The molecule has 3 nitrogen and oxygen atoms in total. The van der Waals surface area contributed by atoms with Gasteiger partial charge in [0.1, 0.15) is 11.5 Å². The number of para-hydroxylation sites is 2. The maximum absolute atomic E-state index is 10.0. The molecule has 0 atom stereocenters. The van der Waals surface area contributed by atoms with Crippen molar-refractivity contribution >= 4 is 10.1 Å². The molecule has 0 radical (unpaired) electrons. The van der Waals surface area contributed by atoms with Crippen LogP contribution in [0.1, 0.15) is 0 Å². The number of nitrogens with zero attached hydrogens (tertiary/aromatic N) is 1. The van der Waals surface area contributed by atoms with Crippen molar-refractivity contribution in [2.24, 2.45) is 0 Å². The van der Waals surface area contributed by atoms with Gasteiger partial charge >= 0.3 is 10.1 Å². The number of hydrogen-bond donors (Lipinski definition) is 2. The zero-order valence-electron chi connectivity index (χ0n) is 10.7. The van der Waals surface area contributed by atoms with Crippen LogP contribution in [0.4, 0.5) is 0 Å². The molecule has 0 saturated carbocycles. The van der Waals surface area contributed by atoms with Gasteiger partial charge < -0.3 is 10.2 Å². The Bertz CT molecular complexity index is 695. The number of hydrogen-bond acceptors (Lipinski definition) is 3. The first-order valence-corrected chi connectivity index (χ1v) is 6.29. The fraction of sp³-hybridized carbons (Fsp3) is 0. The van der Waals surface area contributed by atoms with Gasteiger partial charge in [-0.2, -0.15) is 0 Å². The Hall–Kier alpha value is -2.64. The summed E-state index contributed by atoms with van der Waals surface area (Å²) in [7, 11) is 0. The first kappa shape index (κ1) is 14.8. The number of phenolic OH excluding ortho intramolecular Hbond substituents is 2. The van der Waals surface area contributed by atoms with Crippen molar-refractivity contribution in [1.29, 1.82) is 0 Å². The van der Waals surface area contributed by atoms with Gasteiger partial charge in [-0.25, -0.2) is 0 Å². The van der Waals surface area contributed by atoms with Crippen LogP contribution >= 0.6 is 0 Å². The normalized spacial score (nSPS) is 9.90. The fourth-order valence-electron chi connectivity index (χ4n) is 2.21. The van der Waals surface area contributed by atoms with Crippen molar-refractivity contribution in [2.45, 2.75) is 0 Å². The van der Waals surface area contributed by atoms with Gasteiger partial charge in [0.25, 0.3) is 0 Å². The third-order valence-electron chi connectivity index (χ3n) is 3.16. The van der Waals surface area contributed by atoms with E-state index in [1.807, 2.05) is 30.3 Å². The van der Waals surface area contributed by atoms with Crippen molar-refractivity contribution in [2.75, 3.05) is 0 Å². The minimum absolute atomic E-state index is 0. The molecule has 0 unspecified atom stereocenters. The van der Waals surface area contributed by atoms with Crippen molar-refractivity contribution in [3.63, 3.8) is 0 Å². The van der Waals surface area contributed by atoms with Gasteiger partial charge in [0.05, 0.1) is 5.69 Å².